The highest BCUT2D eigenvalue weighted by Gasteiger charge is 2.29. The topological polar surface area (TPSA) is 41.5 Å². The van der Waals surface area contributed by atoms with Gasteiger partial charge in [0.25, 0.3) is 0 Å². The molecular formula is C17H24BrClN2OS. The van der Waals surface area contributed by atoms with Crippen molar-refractivity contribution >= 4 is 51.3 Å². The molecule has 0 spiro atoms. The molecule has 0 fully saturated rings. The summed E-state index contributed by atoms with van der Waals surface area (Å²) in [7, 11) is 0. The van der Waals surface area contributed by atoms with Crippen LogP contribution in [0.25, 0.3) is 0 Å². The van der Waals surface area contributed by atoms with Crippen LogP contribution in [0, 0.1) is 0 Å². The minimum Gasteiger partial charge on any atom is -0.360 e. The number of ketones is 1. The standard InChI is InChI=1S/C17H23ClN2OS.BrH/c1-16(2)9-10-17(3,4)20-15(19-16)22-11-14(21)12-5-7-13(18)8-6-12;/h5-8H,9-11H2,1-4H3,(H,19,20);1H. The lowest BCUT2D eigenvalue weighted by atomic mass is 9.91. The van der Waals surface area contributed by atoms with E-state index in [9.17, 15) is 4.79 Å². The summed E-state index contributed by atoms with van der Waals surface area (Å²) in [6.45, 7) is 8.62. The number of Topliss-reactive ketones (excluding diaryl/α,β-unsaturated/α-hetero) is 1. The first-order valence-electron chi connectivity index (χ1n) is 7.47. The lowest BCUT2D eigenvalue weighted by Crippen LogP contribution is -2.41. The summed E-state index contributed by atoms with van der Waals surface area (Å²) in [5.74, 6) is 0.464. The maximum Gasteiger partial charge on any atom is 0.173 e. The Kier molecular flexibility index (Phi) is 7.17. The molecule has 0 bridgehead atoms. The van der Waals surface area contributed by atoms with Crippen LogP contribution in [0.1, 0.15) is 50.9 Å². The predicted octanol–water partition coefficient (Wildman–Crippen LogP) is 5.13. The highest BCUT2D eigenvalue weighted by Crippen LogP contribution is 2.28. The molecule has 1 heterocycles. The van der Waals surface area contributed by atoms with Gasteiger partial charge in [-0.25, -0.2) is 0 Å². The molecule has 0 radical (unpaired) electrons. The van der Waals surface area contributed by atoms with E-state index in [4.69, 9.17) is 16.6 Å². The van der Waals surface area contributed by atoms with Crippen molar-refractivity contribution in [3.8, 4) is 0 Å². The Bertz CT molecular complexity index is 585. The highest BCUT2D eigenvalue weighted by atomic mass is 79.9. The van der Waals surface area contributed by atoms with Gasteiger partial charge in [0.2, 0.25) is 0 Å². The molecule has 1 N–H and O–H groups in total. The third kappa shape index (κ3) is 6.48. The van der Waals surface area contributed by atoms with Crippen LogP contribution in [0.5, 0.6) is 0 Å². The summed E-state index contributed by atoms with van der Waals surface area (Å²) in [5, 5.41) is 4.96. The largest absolute Gasteiger partial charge is 0.360 e. The summed E-state index contributed by atoms with van der Waals surface area (Å²) >= 11 is 7.33. The zero-order valence-electron chi connectivity index (χ0n) is 14.0. The van der Waals surface area contributed by atoms with Crippen molar-refractivity contribution in [3.63, 3.8) is 0 Å². The quantitative estimate of drug-likeness (QED) is 0.690. The number of thioether (sulfide) groups is 1. The van der Waals surface area contributed by atoms with E-state index in [1.807, 2.05) is 0 Å². The molecule has 0 saturated carbocycles. The number of hydrogen-bond donors (Lipinski definition) is 1. The van der Waals surface area contributed by atoms with Crippen LogP contribution in [0.4, 0.5) is 0 Å². The second kappa shape index (κ2) is 8.04. The second-order valence-corrected chi connectivity index (χ2v) is 8.36. The van der Waals surface area contributed by atoms with Gasteiger partial charge in [-0.3, -0.25) is 9.79 Å². The Labute approximate surface area is 158 Å². The predicted molar refractivity (Wildman–Crippen MR) is 107 cm³/mol. The van der Waals surface area contributed by atoms with E-state index in [2.05, 4.69) is 33.0 Å². The van der Waals surface area contributed by atoms with Crippen molar-refractivity contribution in [1.82, 2.24) is 5.32 Å². The number of amidine groups is 1. The lowest BCUT2D eigenvalue weighted by Gasteiger charge is -2.25. The van der Waals surface area contributed by atoms with Crippen molar-refractivity contribution in [2.45, 2.75) is 51.6 Å². The van der Waals surface area contributed by atoms with E-state index < -0.39 is 0 Å². The van der Waals surface area contributed by atoms with E-state index in [-0.39, 0.29) is 33.8 Å². The van der Waals surface area contributed by atoms with E-state index in [0.717, 1.165) is 18.0 Å². The van der Waals surface area contributed by atoms with Gasteiger partial charge in [-0.2, -0.15) is 0 Å². The van der Waals surface area contributed by atoms with Crippen LogP contribution in [-0.2, 0) is 0 Å². The van der Waals surface area contributed by atoms with Crippen molar-refractivity contribution in [3.05, 3.63) is 34.9 Å². The van der Waals surface area contributed by atoms with Gasteiger partial charge >= 0.3 is 0 Å². The molecule has 0 amide bonds. The van der Waals surface area contributed by atoms with Crippen LogP contribution in [0.3, 0.4) is 0 Å². The van der Waals surface area contributed by atoms with Gasteiger partial charge in [-0.1, -0.05) is 23.4 Å². The number of carbonyl (C=O) groups excluding carboxylic acids is 1. The van der Waals surface area contributed by atoms with E-state index in [1.54, 1.807) is 24.3 Å². The Hall–Kier alpha value is -0.520. The molecule has 6 heteroatoms. The SMILES string of the molecule is Br.CC1(C)CCC(C)(C)NC(SCC(=O)c2ccc(Cl)cc2)=N1. The molecule has 0 aliphatic carbocycles. The normalized spacial score (nSPS) is 18.9. The monoisotopic (exact) mass is 418 g/mol. The average Bonchev–Trinajstić information content (AvgIpc) is 2.53. The number of hydrogen-bond acceptors (Lipinski definition) is 4. The first-order chi connectivity index (χ1) is 10.2. The summed E-state index contributed by atoms with van der Waals surface area (Å²) < 4.78 is 0. The molecular weight excluding hydrogens is 396 g/mol. The molecule has 1 aromatic rings. The van der Waals surface area contributed by atoms with Gasteiger partial charge in [0, 0.05) is 16.1 Å². The molecule has 23 heavy (non-hydrogen) atoms. The number of aliphatic imine (C=N–C) groups is 1. The van der Waals surface area contributed by atoms with Crippen molar-refractivity contribution in [2.75, 3.05) is 5.75 Å². The number of rotatable bonds is 3. The van der Waals surface area contributed by atoms with Gasteiger partial charge in [0.05, 0.1) is 11.3 Å². The van der Waals surface area contributed by atoms with Crippen LogP contribution in [0.2, 0.25) is 5.02 Å². The van der Waals surface area contributed by atoms with Crippen LogP contribution >= 0.6 is 40.3 Å². The Morgan fingerprint density at radius 3 is 2.43 bits per heavy atom. The summed E-state index contributed by atoms with van der Waals surface area (Å²) in [6, 6.07) is 7.02. The molecule has 0 aromatic heterocycles. The molecule has 1 aromatic carbocycles. The molecule has 0 unspecified atom stereocenters. The number of halogens is 2. The smallest absolute Gasteiger partial charge is 0.173 e. The zero-order valence-corrected chi connectivity index (χ0v) is 17.3. The third-order valence-corrected chi connectivity index (χ3v) is 4.84. The second-order valence-electron chi connectivity index (χ2n) is 6.96. The molecule has 3 nitrogen and oxygen atoms in total. The fraction of sp³-hybridized carbons (Fsp3) is 0.529. The lowest BCUT2D eigenvalue weighted by molar-refractivity contribution is 0.102. The van der Waals surface area contributed by atoms with Gasteiger partial charge in [-0.05, 0) is 64.8 Å². The van der Waals surface area contributed by atoms with E-state index >= 15 is 0 Å². The fourth-order valence-corrected chi connectivity index (χ4v) is 3.47. The van der Waals surface area contributed by atoms with Gasteiger partial charge in [-0.15, -0.1) is 17.0 Å². The van der Waals surface area contributed by atoms with Crippen molar-refractivity contribution in [2.24, 2.45) is 4.99 Å². The number of carbonyl (C=O) groups is 1. The van der Waals surface area contributed by atoms with E-state index in [0.29, 0.717) is 16.3 Å². The van der Waals surface area contributed by atoms with E-state index in [1.165, 1.54) is 11.8 Å². The molecule has 0 saturated heterocycles. The molecule has 2 rings (SSSR count). The fourth-order valence-electron chi connectivity index (χ4n) is 2.25. The molecule has 0 atom stereocenters. The summed E-state index contributed by atoms with van der Waals surface area (Å²) in [5.41, 5.74) is 0.597. The van der Waals surface area contributed by atoms with Crippen molar-refractivity contribution in [1.29, 1.82) is 0 Å². The average molecular weight is 420 g/mol. The Balaban J connectivity index is 0.00000264. The van der Waals surface area contributed by atoms with Gasteiger partial charge in [0.1, 0.15) is 0 Å². The highest BCUT2D eigenvalue weighted by molar-refractivity contribution is 8.93. The van der Waals surface area contributed by atoms with Crippen molar-refractivity contribution < 1.29 is 4.79 Å². The molecule has 1 aliphatic heterocycles. The van der Waals surface area contributed by atoms with Crippen LogP contribution < -0.4 is 5.32 Å². The minimum absolute atomic E-state index is 0. The first-order valence-corrected chi connectivity index (χ1v) is 8.83. The zero-order chi connectivity index (χ0) is 16.4. The van der Waals surface area contributed by atoms with Gasteiger partial charge in [0.15, 0.2) is 11.0 Å². The third-order valence-electron chi connectivity index (χ3n) is 3.72. The number of nitrogens with one attached hydrogen (secondary N) is 1. The Morgan fingerprint density at radius 2 is 1.83 bits per heavy atom. The summed E-state index contributed by atoms with van der Waals surface area (Å²) in [6.07, 6.45) is 2.08. The number of benzene rings is 1. The Morgan fingerprint density at radius 1 is 1.22 bits per heavy atom. The van der Waals surface area contributed by atoms with Crippen LogP contribution in [-0.4, -0.2) is 27.8 Å². The maximum atomic E-state index is 12.3. The minimum atomic E-state index is -0.0909. The molecule has 1 aliphatic rings. The maximum absolute atomic E-state index is 12.3. The first kappa shape index (κ1) is 20.5. The van der Waals surface area contributed by atoms with Gasteiger partial charge < -0.3 is 5.32 Å². The number of nitrogens with zero attached hydrogens (tertiary/aromatic N) is 1. The van der Waals surface area contributed by atoms with Crippen LogP contribution in [0.15, 0.2) is 29.3 Å². The summed E-state index contributed by atoms with van der Waals surface area (Å²) in [4.78, 5) is 17.0. The molecule has 128 valence electrons.